The van der Waals surface area contributed by atoms with Gasteiger partial charge in [0.05, 0.1) is 13.2 Å². The van der Waals surface area contributed by atoms with E-state index in [0.29, 0.717) is 11.1 Å². The van der Waals surface area contributed by atoms with Crippen LogP contribution in [0.4, 0.5) is 0 Å². The molecule has 0 atom stereocenters. The van der Waals surface area contributed by atoms with Gasteiger partial charge in [-0.25, -0.2) is 9.59 Å². The lowest BCUT2D eigenvalue weighted by molar-refractivity contribution is -0.132. The van der Waals surface area contributed by atoms with Crippen LogP contribution in [0.25, 0.3) is 0 Å². The standard InChI is InChI=1S/C10H15O7P/c1-7(3-9(11)12)5-16-18(15)17-6-8(2)4-10(13)14/h3-4,18H,5-6H2,1-2H3,(H,11,12)(H,13,14). The van der Waals surface area contributed by atoms with E-state index in [1.807, 2.05) is 0 Å². The Morgan fingerprint density at radius 1 is 1.00 bits per heavy atom. The van der Waals surface area contributed by atoms with Gasteiger partial charge in [-0.3, -0.25) is 4.57 Å². The van der Waals surface area contributed by atoms with E-state index in [1.54, 1.807) is 0 Å². The minimum absolute atomic E-state index is 0.119. The monoisotopic (exact) mass is 278 g/mol. The normalized spacial score (nSPS) is 14.3. The van der Waals surface area contributed by atoms with Crippen molar-refractivity contribution >= 4 is 20.2 Å². The number of carboxylic acid groups (broad SMARTS) is 2. The molecule has 0 aliphatic heterocycles. The predicted octanol–water partition coefficient (Wildman–Crippen LogP) is 1.47. The molecule has 0 aromatic carbocycles. The highest BCUT2D eigenvalue weighted by atomic mass is 31.1. The molecular weight excluding hydrogens is 263 g/mol. The van der Waals surface area contributed by atoms with E-state index in [4.69, 9.17) is 19.3 Å². The number of hydrogen-bond acceptors (Lipinski definition) is 5. The molecule has 8 heteroatoms. The van der Waals surface area contributed by atoms with Crippen LogP contribution < -0.4 is 0 Å². The van der Waals surface area contributed by atoms with Crippen LogP contribution in [0.2, 0.25) is 0 Å². The Kier molecular flexibility index (Phi) is 7.94. The van der Waals surface area contributed by atoms with Gasteiger partial charge in [0.2, 0.25) is 0 Å². The minimum atomic E-state index is -2.77. The van der Waals surface area contributed by atoms with Crippen LogP contribution in [0.3, 0.4) is 0 Å². The highest BCUT2D eigenvalue weighted by molar-refractivity contribution is 7.33. The predicted molar refractivity (Wildman–Crippen MR) is 63.7 cm³/mol. The molecule has 18 heavy (non-hydrogen) atoms. The van der Waals surface area contributed by atoms with Crippen LogP contribution in [0.15, 0.2) is 23.3 Å². The molecule has 0 fully saturated rings. The van der Waals surface area contributed by atoms with E-state index in [-0.39, 0.29) is 13.2 Å². The highest BCUT2D eigenvalue weighted by Gasteiger charge is 2.03. The third kappa shape index (κ3) is 9.77. The molecule has 0 bridgehead atoms. The molecule has 0 heterocycles. The van der Waals surface area contributed by atoms with Gasteiger partial charge < -0.3 is 19.3 Å². The van der Waals surface area contributed by atoms with Crippen molar-refractivity contribution < 1.29 is 33.4 Å². The summed E-state index contributed by atoms with van der Waals surface area (Å²) in [6, 6.07) is 0. The average Bonchev–Trinajstić information content (AvgIpc) is 2.21. The fourth-order valence-electron chi connectivity index (χ4n) is 0.892. The molecule has 0 aliphatic carbocycles. The zero-order valence-electron chi connectivity index (χ0n) is 10.0. The van der Waals surface area contributed by atoms with Crippen LogP contribution >= 0.6 is 8.25 Å². The first kappa shape index (κ1) is 16.6. The van der Waals surface area contributed by atoms with E-state index in [9.17, 15) is 14.2 Å². The van der Waals surface area contributed by atoms with Crippen molar-refractivity contribution in [3.05, 3.63) is 23.3 Å². The number of aliphatic carboxylic acids is 2. The van der Waals surface area contributed by atoms with Crippen molar-refractivity contribution in [3.8, 4) is 0 Å². The molecule has 0 saturated carbocycles. The van der Waals surface area contributed by atoms with E-state index in [1.165, 1.54) is 13.8 Å². The molecule has 0 unspecified atom stereocenters. The third-order valence-electron chi connectivity index (χ3n) is 1.58. The molecule has 7 nitrogen and oxygen atoms in total. The lowest BCUT2D eigenvalue weighted by Crippen LogP contribution is -1.98. The lowest BCUT2D eigenvalue weighted by atomic mass is 10.3. The lowest BCUT2D eigenvalue weighted by Gasteiger charge is -2.05. The Balaban J connectivity index is 4.00. The molecule has 0 aliphatic rings. The number of carbonyl (C=O) groups is 2. The molecule has 0 amide bonds. The van der Waals surface area contributed by atoms with Gasteiger partial charge in [0, 0.05) is 12.2 Å². The van der Waals surface area contributed by atoms with E-state index < -0.39 is 20.2 Å². The van der Waals surface area contributed by atoms with Gasteiger partial charge in [-0.1, -0.05) is 0 Å². The largest absolute Gasteiger partial charge is 0.478 e. The maximum atomic E-state index is 11.2. The van der Waals surface area contributed by atoms with Gasteiger partial charge in [0.15, 0.2) is 0 Å². The first-order valence-electron chi connectivity index (χ1n) is 4.91. The Hall–Kier alpha value is -1.43. The van der Waals surface area contributed by atoms with Crippen molar-refractivity contribution in [2.24, 2.45) is 0 Å². The maximum absolute atomic E-state index is 11.2. The molecule has 0 spiro atoms. The van der Waals surface area contributed by atoms with Crippen LogP contribution in [0.1, 0.15) is 13.8 Å². The Morgan fingerprint density at radius 2 is 1.33 bits per heavy atom. The zero-order chi connectivity index (χ0) is 14.1. The summed E-state index contributed by atoms with van der Waals surface area (Å²) in [5, 5.41) is 16.8. The number of hydrogen-bond donors (Lipinski definition) is 2. The summed E-state index contributed by atoms with van der Waals surface area (Å²) >= 11 is 0. The smallest absolute Gasteiger partial charge is 0.328 e. The summed E-state index contributed by atoms with van der Waals surface area (Å²) in [6.07, 6.45) is 1.87. The molecular formula is C10H15O7P. The van der Waals surface area contributed by atoms with Gasteiger partial charge in [-0.05, 0) is 25.0 Å². The van der Waals surface area contributed by atoms with E-state index in [2.05, 4.69) is 0 Å². The second-order valence-electron chi connectivity index (χ2n) is 3.49. The van der Waals surface area contributed by atoms with E-state index in [0.717, 1.165) is 12.2 Å². The topological polar surface area (TPSA) is 110 Å². The Labute approximate surface area is 105 Å². The van der Waals surface area contributed by atoms with Gasteiger partial charge in [-0.15, -0.1) is 0 Å². The molecule has 102 valence electrons. The van der Waals surface area contributed by atoms with Crippen molar-refractivity contribution in [3.63, 3.8) is 0 Å². The van der Waals surface area contributed by atoms with Crippen molar-refractivity contribution in [1.82, 2.24) is 0 Å². The molecule has 0 aromatic rings. The highest BCUT2D eigenvalue weighted by Crippen LogP contribution is 2.25. The number of carboxylic acids is 2. The molecule has 0 saturated heterocycles. The quantitative estimate of drug-likeness (QED) is 0.511. The van der Waals surface area contributed by atoms with Crippen molar-refractivity contribution in [2.45, 2.75) is 13.8 Å². The van der Waals surface area contributed by atoms with Crippen LogP contribution in [-0.4, -0.2) is 35.4 Å². The molecule has 2 N–H and O–H groups in total. The molecule has 0 rings (SSSR count). The van der Waals surface area contributed by atoms with Gasteiger partial charge in [0.1, 0.15) is 0 Å². The summed E-state index contributed by atoms with van der Waals surface area (Å²) in [6.45, 7) is 2.79. The fraction of sp³-hybridized carbons (Fsp3) is 0.400. The second kappa shape index (κ2) is 8.63. The SMILES string of the molecule is CC(=CC(=O)O)CO[PH](=O)OCC(C)=CC(=O)O. The zero-order valence-corrected chi connectivity index (χ0v) is 11.0. The fourth-order valence-corrected chi connectivity index (χ4v) is 1.67. The van der Waals surface area contributed by atoms with Gasteiger partial charge in [-0.2, -0.15) is 0 Å². The van der Waals surface area contributed by atoms with Gasteiger partial charge >= 0.3 is 20.2 Å². The summed E-state index contributed by atoms with van der Waals surface area (Å²) in [7, 11) is -2.77. The molecule has 0 aromatic heterocycles. The second-order valence-corrected chi connectivity index (χ2v) is 4.56. The summed E-state index contributed by atoms with van der Waals surface area (Å²) in [4.78, 5) is 20.6. The van der Waals surface area contributed by atoms with Crippen LogP contribution in [-0.2, 0) is 23.2 Å². The average molecular weight is 278 g/mol. The van der Waals surface area contributed by atoms with Crippen molar-refractivity contribution in [2.75, 3.05) is 13.2 Å². The first-order valence-corrected chi connectivity index (χ1v) is 6.13. The van der Waals surface area contributed by atoms with Gasteiger partial charge in [0.25, 0.3) is 0 Å². The van der Waals surface area contributed by atoms with E-state index >= 15 is 0 Å². The minimum Gasteiger partial charge on any atom is -0.478 e. The summed E-state index contributed by atoms with van der Waals surface area (Å²) in [5.74, 6) is -2.23. The Bertz CT molecular complexity index is 361. The summed E-state index contributed by atoms with van der Waals surface area (Å²) < 4.78 is 20.8. The van der Waals surface area contributed by atoms with Crippen LogP contribution in [0, 0.1) is 0 Å². The molecule has 0 radical (unpaired) electrons. The summed E-state index contributed by atoms with van der Waals surface area (Å²) in [5.41, 5.74) is 0.782. The number of rotatable bonds is 8. The van der Waals surface area contributed by atoms with Crippen molar-refractivity contribution in [1.29, 1.82) is 0 Å². The van der Waals surface area contributed by atoms with Crippen LogP contribution in [0.5, 0.6) is 0 Å². The first-order chi connectivity index (χ1) is 8.31. The maximum Gasteiger partial charge on any atom is 0.328 e. The Morgan fingerprint density at radius 3 is 1.61 bits per heavy atom. The third-order valence-corrected chi connectivity index (χ3v) is 2.34.